The second kappa shape index (κ2) is 4.46. The van der Waals surface area contributed by atoms with Gasteiger partial charge >= 0.3 is 5.97 Å². The number of halogens is 1. The average molecular weight is 241 g/mol. The SMILES string of the molecule is Cc1ccc(Cl)cc1C(C(=O)O)C(C)(C)C. The molecule has 1 aromatic carbocycles. The third-order valence-corrected chi connectivity index (χ3v) is 2.90. The quantitative estimate of drug-likeness (QED) is 0.852. The van der Waals surface area contributed by atoms with Crippen molar-refractivity contribution in [3.05, 3.63) is 34.3 Å². The van der Waals surface area contributed by atoms with E-state index in [0.717, 1.165) is 11.1 Å². The van der Waals surface area contributed by atoms with Gasteiger partial charge in [-0.15, -0.1) is 0 Å². The largest absolute Gasteiger partial charge is 0.481 e. The molecule has 0 saturated heterocycles. The average Bonchev–Trinajstić information content (AvgIpc) is 2.08. The Labute approximate surface area is 101 Å². The van der Waals surface area contributed by atoms with Gasteiger partial charge in [-0.05, 0) is 35.6 Å². The summed E-state index contributed by atoms with van der Waals surface area (Å²) < 4.78 is 0. The summed E-state index contributed by atoms with van der Waals surface area (Å²) in [5, 5.41) is 9.91. The summed E-state index contributed by atoms with van der Waals surface area (Å²) in [6.45, 7) is 7.68. The van der Waals surface area contributed by atoms with E-state index >= 15 is 0 Å². The fraction of sp³-hybridized carbons (Fsp3) is 0.462. The van der Waals surface area contributed by atoms with Gasteiger partial charge in [-0.25, -0.2) is 0 Å². The first kappa shape index (κ1) is 13.0. The molecule has 0 amide bonds. The minimum Gasteiger partial charge on any atom is -0.481 e. The van der Waals surface area contributed by atoms with E-state index in [1.165, 1.54) is 0 Å². The van der Waals surface area contributed by atoms with E-state index in [1.54, 1.807) is 12.1 Å². The molecule has 0 heterocycles. The van der Waals surface area contributed by atoms with E-state index in [4.69, 9.17) is 11.6 Å². The number of hydrogen-bond donors (Lipinski definition) is 1. The van der Waals surface area contributed by atoms with Gasteiger partial charge in [0.1, 0.15) is 0 Å². The zero-order valence-corrected chi connectivity index (χ0v) is 10.8. The Kier molecular flexibility index (Phi) is 3.64. The zero-order valence-electron chi connectivity index (χ0n) is 10.0. The van der Waals surface area contributed by atoms with Gasteiger partial charge in [0.15, 0.2) is 0 Å². The molecule has 16 heavy (non-hydrogen) atoms. The van der Waals surface area contributed by atoms with Gasteiger partial charge in [0.25, 0.3) is 0 Å². The maximum absolute atomic E-state index is 11.4. The monoisotopic (exact) mass is 240 g/mol. The highest BCUT2D eigenvalue weighted by Gasteiger charge is 2.33. The van der Waals surface area contributed by atoms with Gasteiger partial charge in [0.05, 0.1) is 5.92 Å². The molecule has 0 aliphatic heterocycles. The molecule has 0 fully saturated rings. The van der Waals surface area contributed by atoms with Crippen molar-refractivity contribution in [1.29, 1.82) is 0 Å². The first-order valence-electron chi connectivity index (χ1n) is 5.22. The summed E-state index contributed by atoms with van der Waals surface area (Å²) in [5.41, 5.74) is 1.43. The first-order chi connectivity index (χ1) is 7.23. The molecule has 2 nitrogen and oxygen atoms in total. The van der Waals surface area contributed by atoms with Crippen molar-refractivity contribution in [2.24, 2.45) is 5.41 Å². The molecule has 88 valence electrons. The van der Waals surface area contributed by atoms with Crippen molar-refractivity contribution in [2.45, 2.75) is 33.6 Å². The van der Waals surface area contributed by atoms with Crippen LogP contribution >= 0.6 is 11.6 Å². The molecule has 0 aromatic heterocycles. The van der Waals surface area contributed by atoms with E-state index in [2.05, 4.69) is 0 Å². The van der Waals surface area contributed by atoms with Gasteiger partial charge in [0.2, 0.25) is 0 Å². The number of benzene rings is 1. The predicted octanol–water partition coefficient (Wildman–Crippen LogP) is 3.86. The predicted molar refractivity (Wildman–Crippen MR) is 66.0 cm³/mol. The fourth-order valence-corrected chi connectivity index (χ4v) is 2.07. The number of carboxylic acid groups (broad SMARTS) is 1. The molecule has 0 saturated carbocycles. The Morgan fingerprint density at radius 1 is 1.38 bits per heavy atom. The summed E-state index contributed by atoms with van der Waals surface area (Å²) in [5.74, 6) is -1.34. The van der Waals surface area contributed by atoms with E-state index in [9.17, 15) is 9.90 Å². The van der Waals surface area contributed by atoms with Gasteiger partial charge in [-0.3, -0.25) is 4.79 Å². The molecule has 0 spiro atoms. The van der Waals surface area contributed by atoms with Gasteiger partial charge in [-0.2, -0.15) is 0 Å². The van der Waals surface area contributed by atoms with E-state index in [-0.39, 0.29) is 5.41 Å². The number of rotatable bonds is 2. The molecule has 3 heteroatoms. The van der Waals surface area contributed by atoms with Crippen LogP contribution in [0.5, 0.6) is 0 Å². The summed E-state index contributed by atoms with van der Waals surface area (Å²) in [6.07, 6.45) is 0. The van der Waals surface area contributed by atoms with E-state index in [0.29, 0.717) is 5.02 Å². The number of carbonyl (C=O) groups is 1. The van der Waals surface area contributed by atoms with Gasteiger partial charge in [-0.1, -0.05) is 38.4 Å². The minimum atomic E-state index is -0.808. The Hall–Kier alpha value is -1.02. The first-order valence-corrected chi connectivity index (χ1v) is 5.60. The highest BCUT2D eigenvalue weighted by atomic mass is 35.5. The Morgan fingerprint density at radius 2 is 1.94 bits per heavy atom. The van der Waals surface area contributed by atoms with Crippen LogP contribution < -0.4 is 0 Å². The molecule has 0 bridgehead atoms. The van der Waals surface area contributed by atoms with Crippen LogP contribution in [0, 0.1) is 12.3 Å². The van der Waals surface area contributed by atoms with Crippen LogP contribution in [0.2, 0.25) is 5.02 Å². The number of aliphatic carboxylic acids is 1. The van der Waals surface area contributed by atoms with Gasteiger partial charge in [0, 0.05) is 5.02 Å². The van der Waals surface area contributed by atoms with Crippen molar-refractivity contribution >= 4 is 17.6 Å². The third-order valence-electron chi connectivity index (χ3n) is 2.67. The molecule has 1 N–H and O–H groups in total. The second-order valence-corrected chi connectivity index (χ2v) is 5.57. The topological polar surface area (TPSA) is 37.3 Å². The second-order valence-electron chi connectivity index (χ2n) is 5.14. The van der Waals surface area contributed by atoms with Crippen LogP contribution in [-0.4, -0.2) is 11.1 Å². The molecule has 1 unspecified atom stereocenters. The van der Waals surface area contributed by atoms with Crippen LogP contribution in [0.4, 0.5) is 0 Å². The molecular weight excluding hydrogens is 224 g/mol. The van der Waals surface area contributed by atoms with Crippen molar-refractivity contribution in [3.8, 4) is 0 Å². The van der Waals surface area contributed by atoms with E-state index in [1.807, 2.05) is 33.8 Å². The Bertz CT molecular complexity index is 405. The van der Waals surface area contributed by atoms with Gasteiger partial charge < -0.3 is 5.11 Å². The van der Waals surface area contributed by atoms with E-state index < -0.39 is 11.9 Å². The van der Waals surface area contributed by atoms with Crippen LogP contribution in [0.25, 0.3) is 0 Å². The number of aryl methyl sites for hydroxylation is 1. The normalized spacial score (nSPS) is 13.6. The molecule has 0 aliphatic carbocycles. The molecule has 1 atom stereocenters. The van der Waals surface area contributed by atoms with Crippen molar-refractivity contribution in [2.75, 3.05) is 0 Å². The smallest absolute Gasteiger partial charge is 0.311 e. The lowest BCUT2D eigenvalue weighted by Gasteiger charge is -2.28. The number of carboxylic acids is 1. The van der Waals surface area contributed by atoms with Crippen molar-refractivity contribution in [1.82, 2.24) is 0 Å². The Balaban J connectivity index is 3.32. The molecule has 1 rings (SSSR count). The Morgan fingerprint density at radius 3 is 2.38 bits per heavy atom. The summed E-state index contributed by atoms with van der Waals surface area (Å²) in [4.78, 5) is 11.4. The number of hydrogen-bond acceptors (Lipinski definition) is 1. The summed E-state index contributed by atoms with van der Waals surface area (Å²) in [6, 6.07) is 5.39. The van der Waals surface area contributed by atoms with Crippen LogP contribution in [0.15, 0.2) is 18.2 Å². The standard InChI is InChI=1S/C13H17ClO2/c1-8-5-6-9(14)7-10(8)11(12(15)16)13(2,3)4/h5-7,11H,1-4H3,(H,15,16). The molecule has 0 radical (unpaired) electrons. The lowest BCUT2D eigenvalue weighted by molar-refractivity contribution is -0.141. The van der Waals surface area contributed by atoms with Crippen LogP contribution in [0.1, 0.15) is 37.8 Å². The molecular formula is C13H17ClO2. The molecule has 0 aliphatic rings. The third kappa shape index (κ3) is 2.76. The minimum absolute atomic E-state index is 0.332. The maximum atomic E-state index is 11.4. The lowest BCUT2D eigenvalue weighted by Crippen LogP contribution is -2.26. The van der Waals surface area contributed by atoms with Crippen LogP contribution in [-0.2, 0) is 4.79 Å². The zero-order chi connectivity index (χ0) is 12.5. The molecule has 1 aromatic rings. The summed E-state index contributed by atoms with van der Waals surface area (Å²) in [7, 11) is 0. The highest BCUT2D eigenvalue weighted by molar-refractivity contribution is 6.30. The lowest BCUT2D eigenvalue weighted by atomic mass is 9.75. The van der Waals surface area contributed by atoms with Crippen LogP contribution in [0.3, 0.4) is 0 Å². The van der Waals surface area contributed by atoms with Crippen molar-refractivity contribution < 1.29 is 9.90 Å². The fourth-order valence-electron chi connectivity index (χ4n) is 1.89. The van der Waals surface area contributed by atoms with Crippen molar-refractivity contribution in [3.63, 3.8) is 0 Å². The highest BCUT2D eigenvalue weighted by Crippen LogP contribution is 2.37. The summed E-state index contributed by atoms with van der Waals surface area (Å²) >= 11 is 5.92. The maximum Gasteiger partial charge on any atom is 0.311 e.